The molecule has 2 aliphatic rings. The van der Waals surface area contributed by atoms with Gasteiger partial charge in [-0.25, -0.2) is 0 Å². The third-order valence-corrected chi connectivity index (χ3v) is 14.3. The molecule has 2 aliphatic carbocycles. The van der Waals surface area contributed by atoms with Gasteiger partial charge in [-0.2, -0.15) is 0 Å². The summed E-state index contributed by atoms with van der Waals surface area (Å²) in [5, 5.41) is 0. The summed E-state index contributed by atoms with van der Waals surface area (Å²) in [5.74, 6) is 3.46. The quantitative estimate of drug-likeness (QED) is 0.145. The maximum atomic E-state index is 5.66. The Morgan fingerprint density at radius 1 is 0.206 bits per heavy atom. The van der Waals surface area contributed by atoms with Crippen molar-refractivity contribution in [1.29, 1.82) is 0 Å². The van der Waals surface area contributed by atoms with Crippen LogP contribution in [0.3, 0.4) is 0 Å². The Bertz CT molecular complexity index is 2140. The highest BCUT2D eigenvalue weighted by Gasteiger charge is 2.19. The molecule has 0 amide bonds. The van der Waals surface area contributed by atoms with Crippen molar-refractivity contribution < 1.29 is 18.9 Å². The third-order valence-electron chi connectivity index (χ3n) is 14.3. The average molecular weight is 915 g/mol. The van der Waals surface area contributed by atoms with E-state index in [-0.39, 0.29) is 0 Å². The first-order chi connectivity index (χ1) is 32.8. The molecule has 0 radical (unpaired) electrons. The Morgan fingerprint density at radius 2 is 0.338 bits per heavy atom. The zero-order valence-corrected chi connectivity index (χ0v) is 44.0. The van der Waals surface area contributed by atoms with Gasteiger partial charge >= 0.3 is 0 Å². The number of benzene rings is 6. The first-order valence-corrected chi connectivity index (χ1v) is 25.8. The predicted octanol–water partition coefficient (Wildman–Crippen LogP) is 18.8. The van der Waals surface area contributed by atoms with Crippen LogP contribution in [0.15, 0.2) is 84.9 Å². The second kappa shape index (κ2) is 25.2. The van der Waals surface area contributed by atoms with Gasteiger partial charge in [0.1, 0.15) is 23.0 Å². The number of aryl methyl sites for hydroxylation is 8. The molecule has 6 aromatic carbocycles. The molecular weight excluding hydrogens is 833 g/mol. The summed E-state index contributed by atoms with van der Waals surface area (Å²) in [4.78, 5) is 0. The molecule has 0 N–H and O–H groups in total. The zero-order valence-electron chi connectivity index (χ0n) is 44.0. The van der Waals surface area contributed by atoms with Crippen LogP contribution in [0.4, 0.5) is 0 Å². The van der Waals surface area contributed by atoms with Crippen LogP contribution in [0.5, 0.6) is 23.0 Å². The SMILES string of the molecule is C1CCCCCCC1.C1CCCCCCC1.COc1cc(C)c(-c2cc(-c3cc(-c4c(C)cc(OC)cc4C)cc(-c4c(C)cc(OC)cc4C)c3)cc(-c3c(C)cc(OC)cc3C)c2)c(C)c1. The van der Waals surface area contributed by atoms with Crippen molar-refractivity contribution in [3.8, 4) is 78.6 Å². The Kier molecular flexibility index (Phi) is 19.3. The molecule has 0 aromatic heterocycles. The molecule has 2 fully saturated rings. The van der Waals surface area contributed by atoms with Crippen LogP contribution in [0.25, 0.3) is 55.6 Å². The Hall–Kier alpha value is -5.48. The number of hydrogen-bond donors (Lipinski definition) is 0. The molecule has 68 heavy (non-hydrogen) atoms. The minimum atomic E-state index is 0.866. The minimum Gasteiger partial charge on any atom is -0.497 e. The van der Waals surface area contributed by atoms with Crippen molar-refractivity contribution in [3.05, 3.63) is 129 Å². The number of hydrogen-bond acceptors (Lipinski definition) is 4. The lowest BCUT2D eigenvalue weighted by Crippen LogP contribution is -1.97. The maximum Gasteiger partial charge on any atom is 0.119 e. The zero-order chi connectivity index (χ0) is 48.7. The molecule has 0 unspecified atom stereocenters. The fraction of sp³-hybridized carbons (Fsp3) is 0.438. The normalized spacial score (nSPS) is 14.1. The number of ether oxygens (including phenoxy) is 4. The van der Waals surface area contributed by atoms with Gasteiger partial charge in [-0.1, -0.05) is 103 Å². The topological polar surface area (TPSA) is 36.9 Å². The van der Waals surface area contributed by atoms with Gasteiger partial charge < -0.3 is 18.9 Å². The van der Waals surface area contributed by atoms with Crippen molar-refractivity contribution in [1.82, 2.24) is 0 Å². The summed E-state index contributed by atoms with van der Waals surface area (Å²) in [6.45, 7) is 17.4. The molecule has 4 heteroatoms. The van der Waals surface area contributed by atoms with E-state index >= 15 is 0 Å². The van der Waals surface area contributed by atoms with E-state index < -0.39 is 0 Å². The lowest BCUT2D eigenvalue weighted by Gasteiger charge is -2.20. The first kappa shape index (κ1) is 51.9. The van der Waals surface area contributed by atoms with E-state index in [2.05, 4.69) is 140 Å². The first-order valence-electron chi connectivity index (χ1n) is 25.8. The van der Waals surface area contributed by atoms with Gasteiger partial charge in [0, 0.05) is 0 Å². The fourth-order valence-corrected chi connectivity index (χ4v) is 11.0. The van der Waals surface area contributed by atoms with Crippen molar-refractivity contribution in [2.75, 3.05) is 28.4 Å². The molecule has 6 aromatic rings. The van der Waals surface area contributed by atoms with Crippen molar-refractivity contribution in [2.24, 2.45) is 0 Å². The Labute approximate surface area is 411 Å². The molecular formula is C64H82O4. The van der Waals surface area contributed by atoms with Crippen LogP contribution in [0, 0.1) is 55.4 Å². The van der Waals surface area contributed by atoms with E-state index in [0.29, 0.717) is 0 Å². The van der Waals surface area contributed by atoms with E-state index in [1.165, 1.54) is 192 Å². The standard InChI is InChI=1S/C48H50O4.2C8H16/c1-27-13-41(49-9)14-28(2)45(27)37-21-35(22-38(25-37)46-29(3)15-42(50-10)16-30(46)4)36-23-39(47-31(5)17-43(51-11)18-32(47)6)26-40(24-36)48-33(7)19-44(52-12)20-34(48)8;2*1-2-4-6-8-7-5-3-1/h13-26H,1-12H3;2*1-8H2. The lowest BCUT2D eigenvalue weighted by atomic mass is 9.85. The third kappa shape index (κ3) is 13.4. The van der Waals surface area contributed by atoms with Crippen molar-refractivity contribution >= 4 is 0 Å². The van der Waals surface area contributed by atoms with E-state index in [1.807, 2.05) is 0 Å². The Morgan fingerprint density at radius 3 is 0.471 bits per heavy atom. The van der Waals surface area contributed by atoms with Gasteiger partial charge in [0.05, 0.1) is 28.4 Å². The van der Waals surface area contributed by atoms with Crippen LogP contribution in [0.1, 0.15) is 147 Å². The molecule has 362 valence electrons. The van der Waals surface area contributed by atoms with E-state index in [0.717, 1.165) is 34.1 Å². The number of methoxy groups -OCH3 is 4. The molecule has 0 heterocycles. The van der Waals surface area contributed by atoms with Crippen LogP contribution in [-0.4, -0.2) is 28.4 Å². The largest absolute Gasteiger partial charge is 0.497 e. The van der Waals surface area contributed by atoms with Gasteiger partial charge in [0.25, 0.3) is 0 Å². The van der Waals surface area contributed by atoms with Crippen LogP contribution in [-0.2, 0) is 0 Å². The van der Waals surface area contributed by atoms with Crippen LogP contribution >= 0.6 is 0 Å². The second-order valence-corrected chi connectivity index (χ2v) is 19.8. The van der Waals surface area contributed by atoms with Gasteiger partial charge in [0.2, 0.25) is 0 Å². The maximum absolute atomic E-state index is 5.66. The second-order valence-electron chi connectivity index (χ2n) is 19.8. The van der Waals surface area contributed by atoms with Crippen LogP contribution < -0.4 is 18.9 Å². The summed E-state index contributed by atoms with van der Waals surface area (Å²) in [6, 6.07) is 31.1. The summed E-state index contributed by atoms with van der Waals surface area (Å²) in [6.07, 6.45) is 24.0. The van der Waals surface area contributed by atoms with Crippen molar-refractivity contribution in [2.45, 2.75) is 158 Å². The van der Waals surface area contributed by atoms with E-state index in [4.69, 9.17) is 18.9 Å². The number of rotatable bonds is 9. The highest BCUT2D eigenvalue weighted by atomic mass is 16.5. The van der Waals surface area contributed by atoms with Gasteiger partial charge in [0.15, 0.2) is 0 Å². The fourth-order valence-electron chi connectivity index (χ4n) is 11.0. The molecule has 0 spiro atoms. The molecule has 0 bridgehead atoms. The molecule has 0 saturated heterocycles. The summed E-state index contributed by atoms with van der Waals surface area (Å²) in [5.41, 5.74) is 21.2. The molecule has 2 saturated carbocycles. The van der Waals surface area contributed by atoms with E-state index in [1.54, 1.807) is 28.4 Å². The molecule has 0 atom stereocenters. The molecule has 8 rings (SSSR count). The predicted molar refractivity (Wildman–Crippen MR) is 292 cm³/mol. The van der Waals surface area contributed by atoms with Crippen LogP contribution in [0.2, 0.25) is 0 Å². The molecule has 0 aliphatic heterocycles. The highest BCUT2D eigenvalue weighted by molar-refractivity contribution is 5.90. The monoisotopic (exact) mass is 915 g/mol. The van der Waals surface area contributed by atoms with Gasteiger partial charge in [-0.05, 0) is 240 Å². The Balaban J connectivity index is 0.000000399. The summed E-state index contributed by atoms with van der Waals surface area (Å²) < 4.78 is 22.6. The smallest absolute Gasteiger partial charge is 0.119 e. The average Bonchev–Trinajstić information content (AvgIpc) is 3.28. The summed E-state index contributed by atoms with van der Waals surface area (Å²) in [7, 11) is 6.91. The highest BCUT2D eigenvalue weighted by Crippen LogP contribution is 2.43. The van der Waals surface area contributed by atoms with E-state index in [9.17, 15) is 0 Å². The minimum absolute atomic E-state index is 0.866. The lowest BCUT2D eigenvalue weighted by molar-refractivity contribution is 0.414. The van der Waals surface area contributed by atoms with Gasteiger partial charge in [-0.15, -0.1) is 0 Å². The van der Waals surface area contributed by atoms with Gasteiger partial charge in [-0.3, -0.25) is 0 Å². The summed E-state index contributed by atoms with van der Waals surface area (Å²) >= 11 is 0. The van der Waals surface area contributed by atoms with Crippen molar-refractivity contribution in [3.63, 3.8) is 0 Å². The molecule has 4 nitrogen and oxygen atoms in total.